The first kappa shape index (κ1) is 22.8. The third kappa shape index (κ3) is 4.01. The summed E-state index contributed by atoms with van der Waals surface area (Å²) >= 11 is 3.50. The molecule has 0 radical (unpaired) electrons. The van der Waals surface area contributed by atoms with Crippen LogP contribution in [0.3, 0.4) is 0 Å². The van der Waals surface area contributed by atoms with Gasteiger partial charge in [0.15, 0.2) is 0 Å². The first-order valence-corrected chi connectivity index (χ1v) is 11.7. The molecular weight excluding hydrogens is 446 g/mol. The van der Waals surface area contributed by atoms with Crippen LogP contribution in [0.2, 0.25) is 0 Å². The summed E-state index contributed by atoms with van der Waals surface area (Å²) in [6.07, 6.45) is 2.96. The number of nitrogens with zero attached hydrogens (tertiary/aromatic N) is 3. The van der Waals surface area contributed by atoms with E-state index in [1.165, 1.54) is 0 Å². The Balaban J connectivity index is 1.89. The molecule has 0 aliphatic heterocycles. The SMILES string of the molecule is CC(C)C1(Oc2ccc(-c3nnn(C)c3CBr)cc2)CCCC(C(=O)O)(C(C)C)C1. The van der Waals surface area contributed by atoms with Gasteiger partial charge in [0.1, 0.15) is 17.0 Å². The van der Waals surface area contributed by atoms with Crippen molar-refractivity contribution in [1.82, 2.24) is 15.0 Å². The number of hydrogen-bond acceptors (Lipinski definition) is 4. The maximum absolute atomic E-state index is 12.3. The number of carboxylic acid groups (broad SMARTS) is 1. The number of benzene rings is 1. The number of halogens is 1. The maximum atomic E-state index is 12.3. The van der Waals surface area contributed by atoms with Crippen LogP contribution >= 0.6 is 15.9 Å². The van der Waals surface area contributed by atoms with Crippen LogP contribution in [0.25, 0.3) is 11.3 Å². The number of ether oxygens (including phenoxy) is 1. The molecule has 2 aromatic rings. The van der Waals surface area contributed by atoms with E-state index in [1.807, 2.05) is 45.2 Å². The van der Waals surface area contributed by atoms with Gasteiger partial charge in [0.2, 0.25) is 0 Å². The second kappa shape index (κ2) is 8.69. The number of aromatic nitrogens is 3. The van der Waals surface area contributed by atoms with E-state index in [1.54, 1.807) is 4.68 Å². The van der Waals surface area contributed by atoms with Crippen molar-refractivity contribution in [3.63, 3.8) is 0 Å². The van der Waals surface area contributed by atoms with Gasteiger partial charge in [-0.25, -0.2) is 0 Å². The van der Waals surface area contributed by atoms with Gasteiger partial charge in [0.05, 0.1) is 11.1 Å². The molecule has 0 spiro atoms. The molecule has 1 aliphatic carbocycles. The lowest BCUT2D eigenvalue weighted by Crippen LogP contribution is -2.53. The van der Waals surface area contributed by atoms with Crippen molar-refractivity contribution in [1.29, 1.82) is 0 Å². The molecule has 0 amide bonds. The molecule has 2 atom stereocenters. The number of carbonyl (C=O) groups is 1. The first-order valence-electron chi connectivity index (χ1n) is 10.6. The van der Waals surface area contributed by atoms with E-state index in [4.69, 9.17) is 4.74 Å². The molecule has 1 fully saturated rings. The minimum absolute atomic E-state index is 0.0544. The fourth-order valence-corrected chi connectivity index (χ4v) is 5.33. The monoisotopic (exact) mass is 477 g/mol. The number of hydrogen-bond donors (Lipinski definition) is 1. The minimum atomic E-state index is -0.743. The lowest BCUT2D eigenvalue weighted by molar-refractivity contribution is -0.164. The third-order valence-corrected chi connectivity index (χ3v) is 7.47. The van der Waals surface area contributed by atoms with Crippen LogP contribution in [0.15, 0.2) is 24.3 Å². The smallest absolute Gasteiger partial charge is 0.310 e. The quantitative estimate of drug-likeness (QED) is 0.536. The van der Waals surface area contributed by atoms with Crippen LogP contribution in [0, 0.1) is 17.3 Å². The zero-order chi connectivity index (χ0) is 22.1. The summed E-state index contributed by atoms with van der Waals surface area (Å²) in [6, 6.07) is 7.90. The van der Waals surface area contributed by atoms with Gasteiger partial charge < -0.3 is 9.84 Å². The largest absolute Gasteiger partial charge is 0.487 e. The second-order valence-electron chi connectivity index (χ2n) is 9.13. The Morgan fingerprint density at radius 1 is 1.20 bits per heavy atom. The lowest BCUT2D eigenvalue weighted by Gasteiger charge is -2.49. The number of aryl methyl sites for hydroxylation is 1. The average Bonchev–Trinajstić information content (AvgIpc) is 3.08. The summed E-state index contributed by atoms with van der Waals surface area (Å²) in [6.45, 7) is 8.30. The number of carboxylic acids is 1. The van der Waals surface area contributed by atoms with Crippen molar-refractivity contribution in [3.8, 4) is 17.0 Å². The second-order valence-corrected chi connectivity index (χ2v) is 9.69. The van der Waals surface area contributed by atoms with Crippen LogP contribution in [0.1, 0.15) is 59.1 Å². The highest BCUT2D eigenvalue weighted by Crippen LogP contribution is 2.51. The van der Waals surface area contributed by atoms with Crippen LogP contribution in [0.5, 0.6) is 5.75 Å². The highest BCUT2D eigenvalue weighted by atomic mass is 79.9. The van der Waals surface area contributed by atoms with E-state index in [2.05, 4.69) is 40.1 Å². The molecule has 7 heteroatoms. The van der Waals surface area contributed by atoms with Crippen LogP contribution < -0.4 is 4.74 Å². The van der Waals surface area contributed by atoms with Crippen LogP contribution in [-0.4, -0.2) is 31.7 Å². The van der Waals surface area contributed by atoms with Crippen molar-refractivity contribution in [2.75, 3.05) is 0 Å². The van der Waals surface area contributed by atoms with Gasteiger partial charge in [-0.3, -0.25) is 9.48 Å². The van der Waals surface area contributed by atoms with Gasteiger partial charge in [-0.15, -0.1) is 5.10 Å². The van der Waals surface area contributed by atoms with Gasteiger partial charge in [-0.2, -0.15) is 0 Å². The standard InChI is InChI=1S/C23H32BrN3O3/c1-15(2)22(21(28)29)11-6-12-23(14-22,16(3)4)30-18-9-7-17(8-10-18)20-19(13-24)27(5)26-25-20/h7-10,15-16H,6,11-14H2,1-5H3,(H,28,29). The average molecular weight is 478 g/mol. The zero-order valence-electron chi connectivity index (χ0n) is 18.5. The fraction of sp³-hybridized carbons (Fsp3) is 0.609. The number of alkyl halides is 1. The Bertz CT molecular complexity index is 894. The highest BCUT2D eigenvalue weighted by molar-refractivity contribution is 9.08. The van der Waals surface area contributed by atoms with Gasteiger partial charge in [-0.1, -0.05) is 48.8 Å². The van der Waals surface area contributed by atoms with Crippen molar-refractivity contribution in [2.24, 2.45) is 24.3 Å². The number of rotatable bonds is 7. The van der Waals surface area contributed by atoms with Crippen molar-refractivity contribution >= 4 is 21.9 Å². The summed E-state index contributed by atoms with van der Waals surface area (Å²) in [5.41, 5.74) is 1.61. The Hall–Kier alpha value is -1.89. The van der Waals surface area contributed by atoms with Gasteiger partial charge in [-0.05, 0) is 55.4 Å². The molecule has 0 bridgehead atoms. The molecule has 1 N–H and O–H groups in total. The third-order valence-electron chi connectivity index (χ3n) is 6.94. The zero-order valence-corrected chi connectivity index (χ0v) is 20.1. The molecule has 1 aromatic carbocycles. The van der Waals surface area contributed by atoms with Crippen molar-refractivity contribution < 1.29 is 14.6 Å². The Morgan fingerprint density at radius 3 is 2.40 bits per heavy atom. The lowest BCUT2D eigenvalue weighted by atomic mass is 9.59. The van der Waals surface area contributed by atoms with E-state index >= 15 is 0 Å². The molecule has 30 heavy (non-hydrogen) atoms. The Labute approximate surface area is 187 Å². The summed E-state index contributed by atoms with van der Waals surface area (Å²) in [5.74, 6) is 0.321. The van der Waals surface area contributed by atoms with E-state index in [0.717, 1.165) is 35.5 Å². The topological polar surface area (TPSA) is 77.2 Å². The summed E-state index contributed by atoms with van der Waals surface area (Å²) in [4.78, 5) is 12.3. The molecule has 6 nitrogen and oxygen atoms in total. The molecule has 164 valence electrons. The Kier molecular flexibility index (Phi) is 6.60. The molecule has 3 rings (SSSR count). The molecule has 1 saturated carbocycles. The fourth-order valence-electron chi connectivity index (χ4n) is 4.70. The molecule has 1 aliphatic rings. The minimum Gasteiger partial charge on any atom is -0.487 e. The highest BCUT2D eigenvalue weighted by Gasteiger charge is 2.53. The van der Waals surface area contributed by atoms with Crippen LogP contribution in [0.4, 0.5) is 0 Å². The summed E-state index contributed by atoms with van der Waals surface area (Å²) in [5, 5.41) is 19.1. The van der Waals surface area contributed by atoms with E-state index in [-0.39, 0.29) is 11.8 Å². The predicted molar refractivity (Wildman–Crippen MR) is 121 cm³/mol. The van der Waals surface area contributed by atoms with Gasteiger partial charge in [0.25, 0.3) is 0 Å². The summed E-state index contributed by atoms with van der Waals surface area (Å²) < 4.78 is 8.36. The number of aliphatic carboxylic acids is 1. The molecule has 1 aromatic heterocycles. The van der Waals surface area contributed by atoms with E-state index in [9.17, 15) is 9.90 Å². The van der Waals surface area contributed by atoms with Gasteiger partial charge in [0, 0.05) is 24.4 Å². The van der Waals surface area contributed by atoms with E-state index < -0.39 is 17.0 Å². The maximum Gasteiger partial charge on any atom is 0.310 e. The van der Waals surface area contributed by atoms with E-state index in [0.29, 0.717) is 18.2 Å². The van der Waals surface area contributed by atoms with Crippen molar-refractivity contribution in [3.05, 3.63) is 30.0 Å². The first-order chi connectivity index (χ1) is 14.1. The molecule has 1 heterocycles. The summed E-state index contributed by atoms with van der Waals surface area (Å²) in [7, 11) is 1.88. The molecule has 0 saturated heterocycles. The molecule has 2 unspecified atom stereocenters. The molecular formula is C23H32BrN3O3. The van der Waals surface area contributed by atoms with Crippen LogP contribution in [-0.2, 0) is 17.2 Å². The van der Waals surface area contributed by atoms with Crippen molar-refractivity contribution in [2.45, 2.75) is 64.3 Å². The predicted octanol–water partition coefficient (Wildman–Crippen LogP) is 5.45. The Morgan fingerprint density at radius 2 is 1.87 bits per heavy atom. The normalized spacial score (nSPS) is 24.4. The van der Waals surface area contributed by atoms with Gasteiger partial charge >= 0.3 is 5.97 Å².